The molecule has 0 unspecified atom stereocenters. The number of ether oxygens (including phenoxy) is 1. The highest BCUT2D eigenvalue weighted by Crippen LogP contribution is 2.25. The van der Waals surface area contributed by atoms with E-state index in [1.165, 1.54) is 0 Å². The molecule has 0 saturated carbocycles. The summed E-state index contributed by atoms with van der Waals surface area (Å²) < 4.78 is 7.46. The van der Waals surface area contributed by atoms with Gasteiger partial charge in [0.2, 0.25) is 0 Å². The van der Waals surface area contributed by atoms with Crippen LogP contribution in [0.4, 0.5) is 0 Å². The minimum atomic E-state index is -0.00758. The van der Waals surface area contributed by atoms with Crippen LogP contribution in [0.15, 0.2) is 30.6 Å². The van der Waals surface area contributed by atoms with Crippen LogP contribution >= 0.6 is 11.6 Å². The van der Waals surface area contributed by atoms with E-state index in [0.717, 1.165) is 25.2 Å². The number of halogens is 1. The second-order valence-corrected chi connectivity index (χ2v) is 6.16. The van der Waals surface area contributed by atoms with Gasteiger partial charge in [0.25, 0.3) is 5.91 Å². The molecule has 2 aromatic rings. The molecule has 0 radical (unpaired) electrons. The van der Waals surface area contributed by atoms with Gasteiger partial charge in [-0.15, -0.1) is 10.2 Å². The Balaban J connectivity index is 1.56. The van der Waals surface area contributed by atoms with Gasteiger partial charge < -0.3 is 14.2 Å². The average molecular weight is 335 g/mol. The van der Waals surface area contributed by atoms with Crippen LogP contribution in [0.5, 0.6) is 5.75 Å². The quantitative estimate of drug-likeness (QED) is 0.860. The van der Waals surface area contributed by atoms with Crippen LogP contribution in [-0.2, 0) is 11.8 Å². The highest BCUT2D eigenvalue weighted by atomic mass is 35.5. The lowest BCUT2D eigenvalue weighted by atomic mass is 9.97. The molecule has 1 aliphatic heterocycles. The van der Waals surface area contributed by atoms with E-state index < -0.39 is 0 Å². The molecule has 2 heterocycles. The molecule has 1 atom stereocenters. The molecule has 1 amide bonds. The molecule has 1 aliphatic rings. The predicted octanol–water partition coefficient (Wildman–Crippen LogP) is 2.25. The van der Waals surface area contributed by atoms with Crippen LogP contribution in [-0.4, -0.2) is 45.3 Å². The zero-order chi connectivity index (χ0) is 16.2. The van der Waals surface area contributed by atoms with Crippen molar-refractivity contribution in [3.05, 3.63) is 41.4 Å². The van der Waals surface area contributed by atoms with Crippen molar-refractivity contribution in [2.24, 2.45) is 7.05 Å². The van der Waals surface area contributed by atoms with Crippen molar-refractivity contribution in [1.29, 1.82) is 0 Å². The number of carbonyl (C=O) groups excluding carboxylic acids is 1. The zero-order valence-electron chi connectivity index (χ0n) is 13.0. The Morgan fingerprint density at radius 3 is 2.87 bits per heavy atom. The number of likely N-dealkylation sites (tertiary alicyclic amines) is 1. The summed E-state index contributed by atoms with van der Waals surface area (Å²) in [6.45, 7) is 1.46. The Labute approximate surface area is 140 Å². The number of benzene rings is 1. The fraction of sp³-hybridized carbons (Fsp3) is 0.438. The Morgan fingerprint density at radius 1 is 1.39 bits per heavy atom. The van der Waals surface area contributed by atoms with E-state index in [1.54, 1.807) is 30.6 Å². The van der Waals surface area contributed by atoms with Crippen LogP contribution in [0.2, 0.25) is 5.02 Å². The van der Waals surface area contributed by atoms with Crippen molar-refractivity contribution in [2.75, 3.05) is 19.7 Å². The van der Waals surface area contributed by atoms with Gasteiger partial charge in [0.15, 0.2) is 6.61 Å². The van der Waals surface area contributed by atoms with Gasteiger partial charge in [-0.05, 0) is 37.1 Å². The smallest absolute Gasteiger partial charge is 0.260 e. The molecule has 0 aliphatic carbocycles. The topological polar surface area (TPSA) is 60.2 Å². The first-order chi connectivity index (χ1) is 11.1. The van der Waals surface area contributed by atoms with Crippen LogP contribution in [0.3, 0.4) is 0 Å². The van der Waals surface area contributed by atoms with Gasteiger partial charge in [-0.3, -0.25) is 4.79 Å². The molecule has 1 aromatic carbocycles. The summed E-state index contributed by atoms with van der Waals surface area (Å²) in [5.74, 6) is 1.80. The molecular weight excluding hydrogens is 316 g/mol. The van der Waals surface area contributed by atoms with Crippen LogP contribution < -0.4 is 4.74 Å². The molecule has 1 fully saturated rings. The van der Waals surface area contributed by atoms with Gasteiger partial charge in [-0.1, -0.05) is 11.6 Å². The van der Waals surface area contributed by atoms with Crippen molar-refractivity contribution in [2.45, 2.75) is 18.8 Å². The molecule has 7 heteroatoms. The largest absolute Gasteiger partial charge is 0.484 e. The van der Waals surface area contributed by atoms with Gasteiger partial charge >= 0.3 is 0 Å². The first-order valence-electron chi connectivity index (χ1n) is 7.63. The number of hydrogen-bond acceptors (Lipinski definition) is 4. The third-order valence-electron chi connectivity index (χ3n) is 4.06. The average Bonchev–Trinajstić information content (AvgIpc) is 3.00. The SMILES string of the molecule is Cn1cnnc1[C@@H]1CCCN(C(=O)COc2ccc(Cl)cc2)C1. The first kappa shape index (κ1) is 15.8. The summed E-state index contributed by atoms with van der Waals surface area (Å²) in [6.07, 6.45) is 3.68. The Kier molecular flexibility index (Phi) is 4.81. The molecule has 0 spiro atoms. The van der Waals surface area contributed by atoms with Crippen molar-refractivity contribution in [3.63, 3.8) is 0 Å². The lowest BCUT2D eigenvalue weighted by Gasteiger charge is -2.32. The van der Waals surface area contributed by atoms with Gasteiger partial charge in [0.1, 0.15) is 17.9 Å². The predicted molar refractivity (Wildman–Crippen MR) is 86.5 cm³/mol. The van der Waals surface area contributed by atoms with Crippen LogP contribution in [0.25, 0.3) is 0 Å². The van der Waals surface area contributed by atoms with E-state index in [0.29, 0.717) is 17.3 Å². The van der Waals surface area contributed by atoms with Crippen molar-refractivity contribution in [1.82, 2.24) is 19.7 Å². The van der Waals surface area contributed by atoms with Gasteiger partial charge in [0.05, 0.1) is 0 Å². The monoisotopic (exact) mass is 334 g/mol. The standard InChI is InChI=1S/C16H19ClN4O2/c1-20-11-18-19-16(20)12-3-2-8-21(9-12)15(22)10-23-14-6-4-13(17)5-7-14/h4-7,11-12H,2-3,8-10H2,1H3/t12-/m1/s1. The third kappa shape index (κ3) is 3.82. The van der Waals surface area contributed by atoms with Gasteiger partial charge in [-0.2, -0.15) is 0 Å². The van der Waals surface area contributed by atoms with Crippen LogP contribution in [0.1, 0.15) is 24.6 Å². The maximum atomic E-state index is 12.4. The van der Waals surface area contributed by atoms with E-state index >= 15 is 0 Å². The molecular formula is C16H19ClN4O2. The minimum Gasteiger partial charge on any atom is -0.484 e. The van der Waals surface area contributed by atoms with Crippen molar-refractivity contribution >= 4 is 17.5 Å². The zero-order valence-corrected chi connectivity index (χ0v) is 13.7. The lowest BCUT2D eigenvalue weighted by Crippen LogP contribution is -2.42. The summed E-state index contributed by atoms with van der Waals surface area (Å²) >= 11 is 5.83. The highest BCUT2D eigenvalue weighted by Gasteiger charge is 2.27. The Hall–Kier alpha value is -2.08. The van der Waals surface area contributed by atoms with E-state index in [2.05, 4.69) is 10.2 Å². The van der Waals surface area contributed by atoms with Crippen molar-refractivity contribution in [3.8, 4) is 5.75 Å². The molecule has 0 N–H and O–H groups in total. The lowest BCUT2D eigenvalue weighted by molar-refractivity contribution is -0.134. The highest BCUT2D eigenvalue weighted by molar-refractivity contribution is 6.30. The second-order valence-electron chi connectivity index (χ2n) is 5.72. The third-order valence-corrected chi connectivity index (χ3v) is 4.31. The number of hydrogen-bond donors (Lipinski definition) is 0. The van der Waals surface area contributed by atoms with E-state index in [9.17, 15) is 4.79 Å². The molecule has 1 saturated heterocycles. The fourth-order valence-electron chi connectivity index (χ4n) is 2.84. The minimum absolute atomic E-state index is 0.00758. The van der Waals surface area contributed by atoms with E-state index in [4.69, 9.17) is 16.3 Å². The first-order valence-corrected chi connectivity index (χ1v) is 8.01. The Morgan fingerprint density at radius 2 is 2.17 bits per heavy atom. The summed E-state index contributed by atoms with van der Waals surface area (Å²) in [7, 11) is 1.93. The molecule has 6 nitrogen and oxygen atoms in total. The number of piperidine rings is 1. The fourth-order valence-corrected chi connectivity index (χ4v) is 2.97. The van der Waals surface area contributed by atoms with Crippen LogP contribution in [0, 0.1) is 0 Å². The molecule has 0 bridgehead atoms. The number of nitrogens with zero attached hydrogens (tertiary/aromatic N) is 4. The second kappa shape index (κ2) is 7.00. The normalized spacial score (nSPS) is 18.0. The number of amides is 1. The number of carbonyl (C=O) groups is 1. The van der Waals surface area contributed by atoms with Gasteiger partial charge in [0, 0.05) is 31.1 Å². The van der Waals surface area contributed by atoms with Gasteiger partial charge in [-0.25, -0.2) is 0 Å². The molecule has 122 valence electrons. The molecule has 23 heavy (non-hydrogen) atoms. The molecule has 3 rings (SSSR count). The maximum absolute atomic E-state index is 12.4. The Bertz CT molecular complexity index is 671. The number of aromatic nitrogens is 3. The van der Waals surface area contributed by atoms with E-state index in [1.807, 2.05) is 16.5 Å². The summed E-state index contributed by atoms with van der Waals surface area (Å²) in [5, 5.41) is 8.73. The maximum Gasteiger partial charge on any atom is 0.260 e. The molecule has 1 aromatic heterocycles. The van der Waals surface area contributed by atoms with Crippen molar-refractivity contribution < 1.29 is 9.53 Å². The number of rotatable bonds is 4. The summed E-state index contributed by atoms with van der Waals surface area (Å²) in [4.78, 5) is 14.2. The summed E-state index contributed by atoms with van der Waals surface area (Å²) in [6, 6.07) is 7.00. The summed E-state index contributed by atoms with van der Waals surface area (Å²) in [5.41, 5.74) is 0. The number of aryl methyl sites for hydroxylation is 1. The van der Waals surface area contributed by atoms with E-state index in [-0.39, 0.29) is 18.4 Å².